The lowest BCUT2D eigenvalue weighted by Crippen LogP contribution is -2.44. The minimum absolute atomic E-state index is 0.338. The first-order valence-corrected chi connectivity index (χ1v) is 8.93. The van der Waals surface area contributed by atoms with Gasteiger partial charge in [-0.15, -0.1) is 11.3 Å². The number of likely N-dealkylation sites (tertiary alicyclic amines) is 1. The quantitative estimate of drug-likeness (QED) is 0.813. The maximum absolute atomic E-state index is 5.74. The molecule has 0 unspecified atom stereocenters. The van der Waals surface area contributed by atoms with Crippen LogP contribution in [0.15, 0.2) is 35.8 Å². The average Bonchev–Trinajstić information content (AvgIpc) is 3.09. The Hall–Kier alpha value is -1.43. The first kappa shape index (κ1) is 16.4. The summed E-state index contributed by atoms with van der Waals surface area (Å²) in [6, 6.07) is 8.39. The number of rotatable bonds is 6. The highest BCUT2D eigenvalue weighted by Gasteiger charge is 2.29. The Morgan fingerprint density at radius 3 is 2.74 bits per heavy atom. The van der Waals surface area contributed by atoms with E-state index in [4.69, 9.17) is 9.47 Å². The third-order valence-electron chi connectivity index (χ3n) is 4.55. The van der Waals surface area contributed by atoms with Gasteiger partial charge in [0.15, 0.2) is 0 Å². The van der Waals surface area contributed by atoms with Gasteiger partial charge in [-0.25, -0.2) is 4.98 Å². The molecule has 0 bridgehead atoms. The van der Waals surface area contributed by atoms with Crippen LogP contribution in [0.2, 0.25) is 0 Å². The third-order valence-corrected chi connectivity index (χ3v) is 5.31. The van der Waals surface area contributed by atoms with Gasteiger partial charge < -0.3 is 9.47 Å². The molecule has 1 aliphatic rings. The summed E-state index contributed by atoms with van der Waals surface area (Å²) >= 11 is 1.73. The summed E-state index contributed by atoms with van der Waals surface area (Å²) < 4.78 is 11.0. The van der Waals surface area contributed by atoms with Crippen LogP contribution in [0.25, 0.3) is 0 Å². The Kier molecular flexibility index (Phi) is 5.65. The minimum Gasteiger partial charge on any atom is -0.497 e. The molecule has 3 rings (SSSR count). The highest BCUT2D eigenvalue weighted by atomic mass is 32.1. The predicted octanol–water partition coefficient (Wildman–Crippen LogP) is 3.23. The van der Waals surface area contributed by atoms with Gasteiger partial charge in [-0.3, -0.25) is 4.90 Å². The Morgan fingerprint density at radius 2 is 2.09 bits per heavy atom. The van der Waals surface area contributed by atoms with Crippen molar-refractivity contribution >= 4 is 11.3 Å². The molecular weight excluding hydrogens is 308 g/mol. The van der Waals surface area contributed by atoms with Crippen molar-refractivity contribution in [2.24, 2.45) is 5.92 Å². The van der Waals surface area contributed by atoms with Crippen LogP contribution >= 0.6 is 11.3 Å². The number of nitrogens with zero attached hydrogens (tertiary/aromatic N) is 2. The van der Waals surface area contributed by atoms with Crippen LogP contribution in [0.1, 0.15) is 17.0 Å². The summed E-state index contributed by atoms with van der Waals surface area (Å²) in [5, 5.41) is 3.25. The van der Waals surface area contributed by atoms with E-state index < -0.39 is 0 Å². The molecule has 0 spiro atoms. The van der Waals surface area contributed by atoms with Gasteiger partial charge in [-0.05, 0) is 30.5 Å². The Balaban J connectivity index is 1.63. The molecule has 0 saturated carbocycles. The summed E-state index contributed by atoms with van der Waals surface area (Å²) in [6.45, 7) is 3.09. The summed E-state index contributed by atoms with van der Waals surface area (Å²) in [6.07, 6.45) is 4.35. The molecule has 1 fully saturated rings. The second-order valence-electron chi connectivity index (χ2n) is 6.04. The second kappa shape index (κ2) is 7.90. The van der Waals surface area contributed by atoms with E-state index in [2.05, 4.69) is 22.0 Å². The van der Waals surface area contributed by atoms with Gasteiger partial charge in [-0.2, -0.15) is 0 Å². The van der Waals surface area contributed by atoms with E-state index in [1.807, 2.05) is 30.8 Å². The molecule has 2 atom stereocenters. The number of hydrogen-bond donors (Lipinski definition) is 0. The number of thiazole rings is 1. The van der Waals surface area contributed by atoms with Crippen LogP contribution in [-0.2, 0) is 17.7 Å². The molecule has 5 heteroatoms. The van der Waals surface area contributed by atoms with Gasteiger partial charge in [0, 0.05) is 37.7 Å². The number of ether oxygens (including phenoxy) is 2. The van der Waals surface area contributed by atoms with Crippen LogP contribution in [0.4, 0.5) is 0 Å². The van der Waals surface area contributed by atoms with E-state index in [-0.39, 0.29) is 0 Å². The van der Waals surface area contributed by atoms with Crippen LogP contribution in [0.3, 0.4) is 0 Å². The summed E-state index contributed by atoms with van der Waals surface area (Å²) in [5.41, 5.74) is 1.34. The molecule has 2 heterocycles. The van der Waals surface area contributed by atoms with E-state index in [1.165, 1.54) is 10.6 Å². The largest absolute Gasteiger partial charge is 0.497 e. The molecule has 0 radical (unpaired) electrons. The molecule has 1 aromatic carbocycles. The SMILES string of the molecule is COc1ccc(C[C@@H]2CN(Cc3nccs3)CC[C@H]2OC)cc1. The van der Waals surface area contributed by atoms with E-state index in [0.29, 0.717) is 12.0 Å². The smallest absolute Gasteiger partial charge is 0.118 e. The van der Waals surface area contributed by atoms with Crippen molar-refractivity contribution < 1.29 is 9.47 Å². The van der Waals surface area contributed by atoms with Crippen molar-refractivity contribution in [3.8, 4) is 5.75 Å². The molecule has 23 heavy (non-hydrogen) atoms. The van der Waals surface area contributed by atoms with Crippen LogP contribution in [-0.4, -0.2) is 43.3 Å². The summed E-state index contributed by atoms with van der Waals surface area (Å²) in [7, 11) is 3.54. The van der Waals surface area contributed by atoms with Crippen molar-refractivity contribution in [3.05, 3.63) is 46.4 Å². The molecule has 124 valence electrons. The molecule has 1 saturated heterocycles. The molecule has 2 aromatic rings. The fourth-order valence-electron chi connectivity index (χ4n) is 3.32. The molecule has 0 aliphatic carbocycles. The zero-order chi connectivity index (χ0) is 16.1. The molecule has 0 N–H and O–H groups in total. The molecule has 1 aromatic heterocycles. The van der Waals surface area contributed by atoms with Gasteiger partial charge in [-0.1, -0.05) is 12.1 Å². The number of piperidine rings is 1. The average molecular weight is 332 g/mol. The lowest BCUT2D eigenvalue weighted by Gasteiger charge is -2.37. The van der Waals surface area contributed by atoms with Gasteiger partial charge in [0.05, 0.1) is 19.8 Å². The van der Waals surface area contributed by atoms with E-state index >= 15 is 0 Å². The Morgan fingerprint density at radius 1 is 1.26 bits per heavy atom. The number of methoxy groups -OCH3 is 2. The predicted molar refractivity (Wildman–Crippen MR) is 93.0 cm³/mol. The zero-order valence-electron chi connectivity index (χ0n) is 13.8. The van der Waals surface area contributed by atoms with E-state index in [1.54, 1.807) is 18.4 Å². The fourth-order valence-corrected chi connectivity index (χ4v) is 3.98. The monoisotopic (exact) mass is 332 g/mol. The Labute approximate surface area is 142 Å². The van der Waals surface area contributed by atoms with Crippen LogP contribution in [0, 0.1) is 5.92 Å². The van der Waals surface area contributed by atoms with Gasteiger partial charge in [0.25, 0.3) is 0 Å². The fraction of sp³-hybridized carbons (Fsp3) is 0.500. The normalized spacial score (nSPS) is 22.2. The molecule has 0 amide bonds. The topological polar surface area (TPSA) is 34.6 Å². The standard InChI is InChI=1S/C18H24N2O2S/c1-21-16-5-3-14(4-6-16)11-15-12-20(9-7-17(15)22-2)13-18-19-8-10-23-18/h3-6,8,10,15,17H,7,9,11-13H2,1-2H3/t15-,17-/m1/s1. The van der Waals surface area contributed by atoms with Gasteiger partial charge in [0.1, 0.15) is 10.8 Å². The lowest BCUT2D eigenvalue weighted by molar-refractivity contribution is -0.00849. The first-order valence-electron chi connectivity index (χ1n) is 8.05. The van der Waals surface area contributed by atoms with Crippen molar-refractivity contribution in [1.82, 2.24) is 9.88 Å². The number of hydrogen-bond acceptors (Lipinski definition) is 5. The third kappa shape index (κ3) is 4.31. The summed E-state index contributed by atoms with van der Waals surface area (Å²) in [4.78, 5) is 6.91. The zero-order valence-corrected chi connectivity index (χ0v) is 14.6. The van der Waals surface area contributed by atoms with Crippen molar-refractivity contribution in [2.75, 3.05) is 27.3 Å². The highest BCUT2D eigenvalue weighted by Crippen LogP contribution is 2.26. The second-order valence-corrected chi connectivity index (χ2v) is 7.02. The van der Waals surface area contributed by atoms with Gasteiger partial charge >= 0.3 is 0 Å². The molecule has 1 aliphatic heterocycles. The number of benzene rings is 1. The lowest BCUT2D eigenvalue weighted by atomic mass is 9.88. The van der Waals surface area contributed by atoms with Crippen molar-refractivity contribution in [3.63, 3.8) is 0 Å². The summed E-state index contributed by atoms with van der Waals surface area (Å²) in [5.74, 6) is 1.42. The van der Waals surface area contributed by atoms with Crippen molar-refractivity contribution in [1.29, 1.82) is 0 Å². The Bertz CT molecular complexity index is 586. The highest BCUT2D eigenvalue weighted by molar-refractivity contribution is 7.09. The van der Waals surface area contributed by atoms with E-state index in [0.717, 1.165) is 38.2 Å². The first-order chi connectivity index (χ1) is 11.3. The van der Waals surface area contributed by atoms with E-state index in [9.17, 15) is 0 Å². The molecular formula is C18H24N2O2S. The number of aromatic nitrogens is 1. The van der Waals surface area contributed by atoms with Crippen molar-refractivity contribution in [2.45, 2.75) is 25.5 Å². The van der Waals surface area contributed by atoms with Gasteiger partial charge in [0.2, 0.25) is 0 Å². The molecule has 4 nitrogen and oxygen atoms in total. The maximum Gasteiger partial charge on any atom is 0.118 e. The van der Waals surface area contributed by atoms with Crippen LogP contribution < -0.4 is 4.74 Å². The van der Waals surface area contributed by atoms with Crippen LogP contribution in [0.5, 0.6) is 5.75 Å². The minimum atomic E-state index is 0.338. The maximum atomic E-state index is 5.74.